The lowest BCUT2D eigenvalue weighted by atomic mass is 9.94. The highest BCUT2D eigenvalue weighted by atomic mass is 16.6. The standard InChI is InChI=1S/C14H26O3/c1-4-7-8-9-10-11-14(6-3,12-15)17-13(16)5-2/h12H,4-11H2,1-3H3. The number of carbonyl (C=O) groups excluding carboxylic acids is 2. The van der Waals surface area contributed by atoms with E-state index in [1.165, 1.54) is 19.3 Å². The molecule has 0 rings (SSSR count). The van der Waals surface area contributed by atoms with Gasteiger partial charge in [0.25, 0.3) is 0 Å². The average molecular weight is 242 g/mol. The molecule has 1 unspecified atom stereocenters. The maximum atomic E-state index is 11.3. The lowest BCUT2D eigenvalue weighted by Gasteiger charge is -2.26. The summed E-state index contributed by atoms with van der Waals surface area (Å²) >= 11 is 0. The molecule has 1 atom stereocenters. The Kier molecular flexibility index (Phi) is 8.73. The van der Waals surface area contributed by atoms with Crippen molar-refractivity contribution in [3.05, 3.63) is 0 Å². The summed E-state index contributed by atoms with van der Waals surface area (Å²) in [6.07, 6.45) is 8.03. The van der Waals surface area contributed by atoms with Crippen LogP contribution in [0.15, 0.2) is 0 Å². The van der Waals surface area contributed by atoms with Crippen molar-refractivity contribution in [1.29, 1.82) is 0 Å². The summed E-state index contributed by atoms with van der Waals surface area (Å²) in [4.78, 5) is 22.5. The van der Waals surface area contributed by atoms with Crippen molar-refractivity contribution in [2.75, 3.05) is 0 Å². The van der Waals surface area contributed by atoms with Gasteiger partial charge in [0, 0.05) is 6.42 Å². The fourth-order valence-corrected chi connectivity index (χ4v) is 1.79. The summed E-state index contributed by atoms with van der Waals surface area (Å²) in [5, 5.41) is 0. The molecule has 0 spiro atoms. The Morgan fingerprint density at radius 1 is 1.12 bits per heavy atom. The maximum Gasteiger partial charge on any atom is 0.306 e. The van der Waals surface area contributed by atoms with Gasteiger partial charge in [-0.05, 0) is 19.3 Å². The summed E-state index contributed by atoms with van der Waals surface area (Å²) < 4.78 is 5.29. The van der Waals surface area contributed by atoms with E-state index in [0.717, 1.165) is 19.1 Å². The van der Waals surface area contributed by atoms with Gasteiger partial charge in [-0.3, -0.25) is 9.59 Å². The molecule has 0 radical (unpaired) electrons. The molecule has 0 aromatic heterocycles. The largest absolute Gasteiger partial charge is 0.451 e. The minimum Gasteiger partial charge on any atom is -0.451 e. The van der Waals surface area contributed by atoms with Gasteiger partial charge in [0.05, 0.1) is 0 Å². The van der Waals surface area contributed by atoms with Gasteiger partial charge in [-0.2, -0.15) is 0 Å². The molecule has 0 aliphatic rings. The molecule has 0 bridgehead atoms. The van der Waals surface area contributed by atoms with Crippen LogP contribution in [0.25, 0.3) is 0 Å². The Hall–Kier alpha value is -0.860. The van der Waals surface area contributed by atoms with Gasteiger partial charge < -0.3 is 4.74 Å². The first-order chi connectivity index (χ1) is 8.14. The number of hydrogen-bond donors (Lipinski definition) is 0. The predicted molar refractivity (Wildman–Crippen MR) is 68.8 cm³/mol. The zero-order valence-electron chi connectivity index (χ0n) is 11.5. The average Bonchev–Trinajstić information content (AvgIpc) is 2.37. The molecular weight excluding hydrogens is 216 g/mol. The van der Waals surface area contributed by atoms with Gasteiger partial charge in [0.15, 0.2) is 11.9 Å². The molecule has 0 aliphatic heterocycles. The summed E-state index contributed by atoms with van der Waals surface area (Å²) in [5.74, 6) is -0.285. The number of rotatable bonds is 10. The molecule has 0 saturated carbocycles. The third kappa shape index (κ3) is 6.44. The van der Waals surface area contributed by atoms with Crippen molar-refractivity contribution in [1.82, 2.24) is 0 Å². The number of ether oxygens (including phenoxy) is 1. The van der Waals surface area contributed by atoms with Gasteiger partial charge in [-0.25, -0.2) is 0 Å². The van der Waals surface area contributed by atoms with E-state index in [0.29, 0.717) is 19.3 Å². The van der Waals surface area contributed by atoms with Crippen LogP contribution in [0.5, 0.6) is 0 Å². The number of carbonyl (C=O) groups is 2. The Labute approximate surface area is 105 Å². The minimum atomic E-state index is -0.876. The molecule has 0 saturated heterocycles. The molecule has 0 aromatic rings. The van der Waals surface area contributed by atoms with Crippen molar-refractivity contribution in [3.63, 3.8) is 0 Å². The van der Waals surface area contributed by atoms with Crippen molar-refractivity contribution in [2.45, 2.75) is 77.7 Å². The Morgan fingerprint density at radius 3 is 2.24 bits per heavy atom. The summed E-state index contributed by atoms with van der Waals surface area (Å²) in [7, 11) is 0. The van der Waals surface area contributed by atoms with Crippen LogP contribution in [-0.2, 0) is 14.3 Å². The SMILES string of the molecule is CCCCCCCC(C=O)(CC)OC(=O)CC. The predicted octanol–water partition coefficient (Wildman–Crippen LogP) is 3.65. The van der Waals surface area contributed by atoms with Crippen molar-refractivity contribution in [3.8, 4) is 0 Å². The fourth-order valence-electron chi connectivity index (χ4n) is 1.79. The molecule has 100 valence electrons. The van der Waals surface area contributed by atoms with E-state index in [1.54, 1.807) is 6.92 Å². The quantitative estimate of drug-likeness (QED) is 0.333. The first-order valence-corrected chi connectivity index (χ1v) is 6.82. The molecule has 0 aliphatic carbocycles. The molecule has 0 aromatic carbocycles. The number of aldehydes is 1. The lowest BCUT2D eigenvalue weighted by molar-refractivity contribution is -0.163. The monoisotopic (exact) mass is 242 g/mol. The van der Waals surface area contributed by atoms with Crippen LogP contribution in [-0.4, -0.2) is 17.9 Å². The van der Waals surface area contributed by atoms with Gasteiger partial charge in [-0.1, -0.05) is 46.5 Å². The number of unbranched alkanes of at least 4 members (excludes halogenated alkanes) is 4. The Bertz CT molecular complexity index is 226. The third-order valence-electron chi connectivity index (χ3n) is 3.12. The van der Waals surface area contributed by atoms with Crippen molar-refractivity contribution < 1.29 is 14.3 Å². The van der Waals surface area contributed by atoms with Crippen LogP contribution in [0.3, 0.4) is 0 Å². The van der Waals surface area contributed by atoms with Gasteiger partial charge in [-0.15, -0.1) is 0 Å². The highest BCUT2D eigenvalue weighted by molar-refractivity contribution is 5.74. The molecule has 3 heteroatoms. The Balaban J connectivity index is 4.11. The van der Waals surface area contributed by atoms with Gasteiger partial charge in [0.2, 0.25) is 0 Å². The summed E-state index contributed by atoms with van der Waals surface area (Å²) in [6.45, 7) is 5.81. The highest BCUT2D eigenvalue weighted by Gasteiger charge is 2.30. The number of esters is 1. The highest BCUT2D eigenvalue weighted by Crippen LogP contribution is 2.22. The topological polar surface area (TPSA) is 43.4 Å². The van der Waals surface area contributed by atoms with E-state index < -0.39 is 5.60 Å². The van der Waals surface area contributed by atoms with Crippen LogP contribution >= 0.6 is 0 Å². The van der Waals surface area contributed by atoms with E-state index in [9.17, 15) is 9.59 Å². The normalized spacial score (nSPS) is 14.1. The molecule has 0 amide bonds. The number of hydrogen-bond acceptors (Lipinski definition) is 3. The second-order valence-corrected chi connectivity index (χ2v) is 4.53. The summed E-state index contributed by atoms with van der Waals surface area (Å²) in [5.41, 5.74) is -0.876. The second-order valence-electron chi connectivity index (χ2n) is 4.53. The molecule has 0 fully saturated rings. The maximum absolute atomic E-state index is 11.3. The van der Waals surface area contributed by atoms with Crippen LogP contribution in [0.2, 0.25) is 0 Å². The zero-order valence-corrected chi connectivity index (χ0v) is 11.5. The van der Waals surface area contributed by atoms with Crippen molar-refractivity contribution in [2.24, 2.45) is 0 Å². The third-order valence-corrected chi connectivity index (χ3v) is 3.12. The van der Waals surface area contributed by atoms with E-state index in [2.05, 4.69) is 6.92 Å². The zero-order chi connectivity index (χ0) is 13.1. The van der Waals surface area contributed by atoms with Gasteiger partial charge >= 0.3 is 5.97 Å². The molecule has 3 nitrogen and oxygen atoms in total. The molecule has 0 heterocycles. The minimum absolute atomic E-state index is 0.285. The van der Waals surface area contributed by atoms with E-state index in [-0.39, 0.29) is 5.97 Å². The first-order valence-electron chi connectivity index (χ1n) is 6.82. The van der Waals surface area contributed by atoms with Crippen LogP contribution in [0, 0.1) is 0 Å². The van der Waals surface area contributed by atoms with Crippen LogP contribution in [0.4, 0.5) is 0 Å². The molecule has 0 N–H and O–H groups in total. The Morgan fingerprint density at radius 2 is 1.76 bits per heavy atom. The van der Waals surface area contributed by atoms with E-state index in [1.807, 2.05) is 6.92 Å². The lowest BCUT2D eigenvalue weighted by Crippen LogP contribution is -2.36. The fraction of sp³-hybridized carbons (Fsp3) is 0.857. The molecule has 17 heavy (non-hydrogen) atoms. The molecular formula is C14H26O3. The smallest absolute Gasteiger partial charge is 0.306 e. The first kappa shape index (κ1) is 16.1. The second kappa shape index (κ2) is 9.20. The van der Waals surface area contributed by atoms with Gasteiger partial charge in [0.1, 0.15) is 0 Å². The van der Waals surface area contributed by atoms with Crippen LogP contribution < -0.4 is 0 Å². The van der Waals surface area contributed by atoms with Crippen LogP contribution in [0.1, 0.15) is 72.1 Å². The van der Waals surface area contributed by atoms with Crippen molar-refractivity contribution >= 4 is 12.3 Å². The summed E-state index contributed by atoms with van der Waals surface area (Å²) in [6, 6.07) is 0. The van der Waals surface area contributed by atoms with E-state index in [4.69, 9.17) is 4.74 Å². The van der Waals surface area contributed by atoms with E-state index >= 15 is 0 Å².